The Hall–Kier alpha value is -0.610. The van der Waals surface area contributed by atoms with Crippen molar-refractivity contribution in [3.63, 3.8) is 0 Å². The summed E-state index contributed by atoms with van der Waals surface area (Å²) in [5.74, 6) is 0.00197. The minimum absolute atomic E-state index is 0.00197. The van der Waals surface area contributed by atoms with Crippen molar-refractivity contribution in [1.82, 2.24) is 10.2 Å². The van der Waals surface area contributed by atoms with Gasteiger partial charge in [0.2, 0.25) is 0 Å². The summed E-state index contributed by atoms with van der Waals surface area (Å²) in [6, 6.07) is 1.09. The number of hydrogen-bond acceptors (Lipinski definition) is 4. The number of carbonyl (C=O) groups is 1. The Morgan fingerprint density at radius 1 is 1.19 bits per heavy atom. The zero-order chi connectivity index (χ0) is 14.7. The summed E-state index contributed by atoms with van der Waals surface area (Å²) >= 11 is 0. The number of nitrogens with zero attached hydrogens (tertiary/aromatic N) is 1. The van der Waals surface area contributed by atoms with E-state index in [1.54, 1.807) is 0 Å². The fraction of sp³-hybridized carbons (Fsp3) is 0.941. The van der Waals surface area contributed by atoms with Crippen LogP contribution in [0.3, 0.4) is 0 Å². The molecule has 4 nitrogen and oxygen atoms in total. The smallest absolute Gasteiger partial charge is 0.326 e. The first-order valence-corrected chi connectivity index (χ1v) is 8.92. The van der Waals surface area contributed by atoms with Crippen LogP contribution < -0.4 is 5.32 Å². The fourth-order valence-electron chi connectivity index (χ4n) is 4.54. The van der Waals surface area contributed by atoms with E-state index < -0.39 is 5.54 Å². The van der Waals surface area contributed by atoms with Crippen LogP contribution in [0.4, 0.5) is 0 Å². The lowest BCUT2D eigenvalue weighted by molar-refractivity contribution is -0.155. The molecule has 0 aromatic rings. The third-order valence-corrected chi connectivity index (χ3v) is 5.66. The van der Waals surface area contributed by atoms with Gasteiger partial charge in [-0.05, 0) is 52.0 Å². The Bertz CT molecular complexity index is 368. The second kappa shape index (κ2) is 6.66. The molecule has 120 valence electrons. The molecule has 2 aliphatic heterocycles. The SMILES string of the molecule is CCOC(=O)C1(NC2CCCCC2)CCN2CCCC2C1. The van der Waals surface area contributed by atoms with E-state index in [-0.39, 0.29) is 5.97 Å². The molecule has 0 bridgehead atoms. The van der Waals surface area contributed by atoms with Crippen LogP contribution in [0.2, 0.25) is 0 Å². The molecule has 2 atom stereocenters. The number of esters is 1. The van der Waals surface area contributed by atoms with E-state index in [1.807, 2.05) is 6.92 Å². The van der Waals surface area contributed by atoms with Crippen molar-refractivity contribution in [3.8, 4) is 0 Å². The summed E-state index contributed by atoms with van der Waals surface area (Å²) in [6.07, 6.45) is 10.8. The van der Waals surface area contributed by atoms with Gasteiger partial charge in [0.05, 0.1) is 6.61 Å². The van der Waals surface area contributed by atoms with Crippen molar-refractivity contribution in [2.45, 2.75) is 82.3 Å². The van der Waals surface area contributed by atoms with Crippen LogP contribution in [0.1, 0.15) is 64.7 Å². The molecule has 0 aromatic heterocycles. The molecule has 0 radical (unpaired) electrons. The molecule has 3 aliphatic rings. The molecule has 0 amide bonds. The zero-order valence-corrected chi connectivity index (χ0v) is 13.4. The molecule has 2 unspecified atom stereocenters. The van der Waals surface area contributed by atoms with Gasteiger partial charge >= 0.3 is 5.97 Å². The molecule has 3 rings (SSSR count). The number of piperidine rings is 1. The molecule has 4 heteroatoms. The second-order valence-corrected chi connectivity index (χ2v) is 7.07. The normalized spacial score (nSPS) is 34.6. The van der Waals surface area contributed by atoms with Gasteiger partial charge in [-0.15, -0.1) is 0 Å². The van der Waals surface area contributed by atoms with Crippen LogP contribution in [0.15, 0.2) is 0 Å². The Morgan fingerprint density at radius 3 is 2.76 bits per heavy atom. The van der Waals surface area contributed by atoms with Crippen LogP contribution in [0, 0.1) is 0 Å². The van der Waals surface area contributed by atoms with Crippen LogP contribution in [-0.4, -0.2) is 48.2 Å². The molecule has 2 saturated heterocycles. The molecule has 1 saturated carbocycles. The highest BCUT2D eigenvalue weighted by atomic mass is 16.5. The topological polar surface area (TPSA) is 41.6 Å². The van der Waals surface area contributed by atoms with E-state index in [0.717, 1.165) is 19.4 Å². The van der Waals surface area contributed by atoms with Gasteiger partial charge < -0.3 is 9.64 Å². The standard InChI is InChI=1S/C17H30N2O2/c1-2-21-16(20)17(18-14-7-4-3-5-8-14)10-12-19-11-6-9-15(19)13-17/h14-15,18H,2-13H2,1H3. The maximum Gasteiger partial charge on any atom is 0.326 e. The van der Waals surface area contributed by atoms with Crippen LogP contribution in [0.5, 0.6) is 0 Å². The predicted octanol–water partition coefficient (Wildman–Crippen LogP) is 2.47. The largest absolute Gasteiger partial charge is 0.465 e. The van der Waals surface area contributed by atoms with Crippen molar-refractivity contribution >= 4 is 5.97 Å². The molecule has 2 heterocycles. The van der Waals surface area contributed by atoms with Gasteiger partial charge in [-0.2, -0.15) is 0 Å². The Morgan fingerprint density at radius 2 is 2.00 bits per heavy atom. The van der Waals surface area contributed by atoms with Crippen LogP contribution in [0.25, 0.3) is 0 Å². The average molecular weight is 294 g/mol. The van der Waals surface area contributed by atoms with Crippen LogP contribution in [-0.2, 0) is 9.53 Å². The van der Waals surface area contributed by atoms with E-state index >= 15 is 0 Å². The van der Waals surface area contributed by atoms with Crippen LogP contribution >= 0.6 is 0 Å². The van der Waals surface area contributed by atoms with Gasteiger partial charge in [-0.25, -0.2) is 0 Å². The predicted molar refractivity (Wildman–Crippen MR) is 83.2 cm³/mol. The Balaban J connectivity index is 1.72. The minimum Gasteiger partial charge on any atom is -0.465 e. The Kier molecular flexibility index (Phi) is 4.85. The number of hydrogen-bond donors (Lipinski definition) is 1. The third kappa shape index (κ3) is 3.26. The number of carbonyl (C=O) groups excluding carboxylic acids is 1. The molecule has 3 fully saturated rings. The maximum absolute atomic E-state index is 12.7. The van der Waals surface area contributed by atoms with Crippen molar-refractivity contribution in [2.75, 3.05) is 19.7 Å². The molecule has 1 N–H and O–H groups in total. The van der Waals surface area contributed by atoms with Gasteiger partial charge in [0.15, 0.2) is 0 Å². The first kappa shape index (κ1) is 15.3. The highest BCUT2D eigenvalue weighted by Crippen LogP contribution is 2.35. The number of rotatable bonds is 4. The summed E-state index contributed by atoms with van der Waals surface area (Å²) in [6.45, 7) is 4.66. The molecular formula is C17H30N2O2. The van der Waals surface area contributed by atoms with Gasteiger partial charge in [-0.3, -0.25) is 10.1 Å². The molecule has 21 heavy (non-hydrogen) atoms. The van der Waals surface area contributed by atoms with E-state index in [9.17, 15) is 4.79 Å². The second-order valence-electron chi connectivity index (χ2n) is 7.07. The van der Waals surface area contributed by atoms with Crippen molar-refractivity contribution in [3.05, 3.63) is 0 Å². The van der Waals surface area contributed by atoms with Crippen molar-refractivity contribution in [2.24, 2.45) is 0 Å². The highest BCUT2D eigenvalue weighted by molar-refractivity contribution is 5.81. The van der Waals surface area contributed by atoms with Gasteiger partial charge in [-0.1, -0.05) is 19.3 Å². The summed E-state index contributed by atoms with van der Waals surface area (Å²) in [5, 5.41) is 3.77. The van der Waals surface area contributed by atoms with E-state index in [0.29, 0.717) is 18.7 Å². The lowest BCUT2D eigenvalue weighted by Crippen LogP contribution is -2.63. The monoisotopic (exact) mass is 294 g/mol. The summed E-state index contributed by atoms with van der Waals surface area (Å²) in [4.78, 5) is 15.2. The van der Waals surface area contributed by atoms with Gasteiger partial charge in [0, 0.05) is 18.6 Å². The number of nitrogens with one attached hydrogen (secondary N) is 1. The molecule has 1 aliphatic carbocycles. The number of fused-ring (bicyclic) bond motifs is 1. The lowest BCUT2D eigenvalue weighted by atomic mass is 9.81. The summed E-state index contributed by atoms with van der Waals surface area (Å²) < 4.78 is 5.45. The fourth-order valence-corrected chi connectivity index (χ4v) is 4.54. The van der Waals surface area contributed by atoms with Gasteiger partial charge in [0.25, 0.3) is 0 Å². The lowest BCUT2D eigenvalue weighted by Gasteiger charge is -2.45. The molecule has 0 aromatic carbocycles. The van der Waals surface area contributed by atoms with E-state index in [1.165, 1.54) is 51.5 Å². The average Bonchev–Trinajstić information content (AvgIpc) is 2.96. The first-order chi connectivity index (χ1) is 10.2. The van der Waals surface area contributed by atoms with Crippen molar-refractivity contribution < 1.29 is 9.53 Å². The highest BCUT2D eigenvalue weighted by Gasteiger charge is 2.48. The zero-order valence-electron chi connectivity index (χ0n) is 13.4. The van der Waals surface area contributed by atoms with E-state index in [4.69, 9.17) is 4.74 Å². The van der Waals surface area contributed by atoms with Gasteiger partial charge in [0.1, 0.15) is 5.54 Å². The maximum atomic E-state index is 12.7. The molecular weight excluding hydrogens is 264 g/mol. The number of ether oxygens (including phenoxy) is 1. The first-order valence-electron chi connectivity index (χ1n) is 8.92. The third-order valence-electron chi connectivity index (χ3n) is 5.66. The summed E-state index contributed by atoms with van der Waals surface area (Å²) in [5.41, 5.74) is -0.413. The van der Waals surface area contributed by atoms with E-state index in [2.05, 4.69) is 10.2 Å². The van der Waals surface area contributed by atoms with Crippen molar-refractivity contribution in [1.29, 1.82) is 0 Å². The minimum atomic E-state index is -0.413. The summed E-state index contributed by atoms with van der Waals surface area (Å²) in [7, 11) is 0. The Labute approximate surface area is 128 Å². The quantitative estimate of drug-likeness (QED) is 0.809. The molecule has 0 spiro atoms.